The molecule has 2 aliphatic heterocycles. The van der Waals surface area contributed by atoms with E-state index in [2.05, 4.69) is 12.4 Å². The fourth-order valence-corrected chi connectivity index (χ4v) is 5.73. The summed E-state index contributed by atoms with van der Waals surface area (Å²) in [4.78, 5) is 5.17. The lowest BCUT2D eigenvalue weighted by Crippen LogP contribution is -2.29. The lowest BCUT2D eigenvalue weighted by atomic mass is 9.84. The molecule has 1 aromatic carbocycles. The third-order valence-electron chi connectivity index (χ3n) is 4.65. The molecule has 2 fully saturated rings. The monoisotopic (exact) mass is 373 g/mol. The maximum atomic E-state index is 10.5. The van der Waals surface area contributed by atoms with Gasteiger partial charge in [-0.3, -0.25) is 10.3 Å². The highest BCUT2D eigenvalue weighted by Crippen LogP contribution is 2.53. The van der Waals surface area contributed by atoms with Crippen LogP contribution in [-0.4, -0.2) is 28.8 Å². The number of hydrogen-bond donors (Lipinski definition) is 2. The van der Waals surface area contributed by atoms with Gasteiger partial charge in [0.05, 0.1) is 28.5 Å². The van der Waals surface area contributed by atoms with Crippen LogP contribution in [0.4, 0.5) is 0 Å². The van der Waals surface area contributed by atoms with E-state index in [1.807, 2.05) is 30.0 Å². The second-order valence-corrected chi connectivity index (χ2v) is 8.30. The van der Waals surface area contributed by atoms with Crippen LogP contribution in [0, 0.1) is 0 Å². The largest absolute Gasteiger partial charge is 0.392 e. The fourth-order valence-electron chi connectivity index (χ4n) is 3.65. The van der Waals surface area contributed by atoms with Crippen LogP contribution in [0.2, 0.25) is 10.0 Å². The molecule has 23 heavy (non-hydrogen) atoms. The molecule has 0 radical (unpaired) electrons. The molecule has 0 spiro atoms. The van der Waals surface area contributed by atoms with Crippen LogP contribution in [0.3, 0.4) is 0 Å². The van der Waals surface area contributed by atoms with E-state index in [9.17, 15) is 5.11 Å². The lowest BCUT2D eigenvalue weighted by molar-refractivity contribution is 0.113. The van der Waals surface area contributed by atoms with E-state index in [-0.39, 0.29) is 17.3 Å². The summed E-state index contributed by atoms with van der Waals surface area (Å²) in [5.41, 5.74) is 6.47. The molecule has 0 aliphatic carbocycles. The number of hydrogen-bond acceptors (Lipinski definition) is 4. The molecule has 4 atom stereocenters. The standard InChI is InChI=1S/C17H21Cl2NO2S/c1-3-14(20-22-2)16-11(7-10-8-15(21)17(16)23-10)9-4-5-12(18)13(19)6-9/h4-6,10-11,15,17,20-21H,3,7-8H2,1-2H3/t10?,11-,15?,17+/m0/s1. The second-order valence-electron chi connectivity index (χ2n) is 6.04. The van der Waals surface area contributed by atoms with Gasteiger partial charge in [-0.1, -0.05) is 36.2 Å². The second kappa shape index (κ2) is 7.24. The number of nitrogens with one attached hydrogen (secondary N) is 1. The molecule has 2 N–H and O–H groups in total. The van der Waals surface area contributed by atoms with Crippen molar-refractivity contribution in [3.05, 3.63) is 45.1 Å². The van der Waals surface area contributed by atoms with Gasteiger partial charge in [0.25, 0.3) is 0 Å². The lowest BCUT2D eigenvalue weighted by Gasteiger charge is -2.34. The zero-order chi connectivity index (χ0) is 16.6. The summed E-state index contributed by atoms with van der Waals surface area (Å²) in [6.45, 7) is 2.10. The molecule has 3 nitrogen and oxygen atoms in total. The Balaban J connectivity index is 2.06. The number of halogens is 2. The molecule has 0 saturated carbocycles. The third-order valence-corrected chi connectivity index (χ3v) is 7.02. The van der Waals surface area contributed by atoms with E-state index in [4.69, 9.17) is 28.0 Å². The summed E-state index contributed by atoms with van der Waals surface area (Å²) in [5, 5.41) is 12.2. The summed E-state index contributed by atoms with van der Waals surface area (Å²) in [6.07, 6.45) is 2.38. The zero-order valence-electron chi connectivity index (χ0n) is 13.2. The number of fused-ring (bicyclic) bond motifs is 2. The minimum absolute atomic E-state index is 0.116. The van der Waals surface area contributed by atoms with Gasteiger partial charge in [-0.25, -0.2) is 0 Å². The molecule has 0 aromatic heterocycles. The first kappa shape index (κ1) is 17.4. The number of thioether (sulfide) groups is 1. The smallest absolute Gasteiger partial charge is 0.0708 e. The number of benzene rings is 1. The predicted molar refractivity (Wildman–Crippen MR) is 97.1 cm³/mol. The summed E-state index contributed by atoms with van der Waals surface area (Å²) >= 11 is 14.2. The van der Waals surface area contributed by atoms with Crippen molar-refractivity contribution in [2.75, 3.05) is 7.11 Å². The first-order valence-electron chi connectivity index (χ1n) is 7.85. The average Bonchev–Trinajstić information content (AvgIpc) is 2.83. The van der Waals surface area contributed by atoms with Gasteiger partial charge in [-0.2, -0.15) is 0 Å². The topological polar surface area (TPSA) is 41.5 Å². The third kappa shape index (κ3) is 3.38. The van der Waals surface area contributed by atoms with Gasteiger partial charge in [-0.15, -0.1) is 11.8 Å². The number of aliphatic hydroxyl groups excluding tert-OH is 1. The van der Waals surface area contributed by atoms with Crippen LogP contribution in [0.5, 0.6) is 0 Å². The van der Waals surface area contributed by atoms with Crippen molar-refractivity contribution >= 4 is 35.0 Å². The van der Waals surface area contributed by atoms with Crippen LogP contribution in [-0.2, 0) is 4.84 Å². The highest BCUT2D eigenvalue weighted by molar-refractivity contribution is 8.01. The van der Waals surface area contributed by atoms with Crippen molar-refractivity contribution in [2.45, 2.75) is 48.7 Å². The van der Waals surface area contributed by atoms with E-state index in [0.29, 0.717) is 15.3 Å². The fraction of sp³-hybridized carbons (Fsp3) is 0.529. The zero-order valence-corrected chi connectivity index (χ0v) is 15.5. The van der Waals surface area contributed by atoms with Gasteiger partial charge in [0, 0.05) is 16.9 Å². The van der Waals surface area contributed by atoms with Crippen LogP contribution in [0.15, 0.2) is 29.5 Å². The minimum atomic E-state index is -0.298. The maximum Gasteiger partial charge on any atom is 0.0708 e. The Morgan fingerprint density at radius 2 is 2.13 bits per heavy atom. The Hall–Kier alpha value is -0.390. The van der Waals surface area contributed by atoms with Crippen molar-refractivity contribution in [1.82, 2.24) is 5.48 Å². The van der Waals surface area contributed by atoms with Crippen LogP contribution in [0.25, 0.3) is 0 Å². The van der Waals surface area contributed by atoms with Gasteiger partial charge >= 0.3 is 0 Å². The average molecular weight is 374 g/mol. The first-order chi connectivity index (χ1) is 11.0. The molecule has 1 aromatic rings. The Morgan fingerprint density at radius 3 is 2.78 bits per heavy atom. The normalized spacial score (nSPS) is 32.0. The molecule has 2 aliphatic rings. The molecular formula is C17H21Cl2NO2S. The van der Waals surface area contributed by atoms with E-state index in [1.54, 1.807) is 7.11 Å². The number of aliphatic hydroxyl groups is 1. The first-order valence-corrected chi connectivity index (χ1v) is 9.55. The van der Waals surface area contributed by atoms with Gasteiger partial charge in [-0.05, 0) is 42.5 Å². The predicted octanol–water partition coefficient (Wildman–Crippen LogP) is 4.53. The Morgan fingerprint density at radius 1 is 1.35 bits per heavy atom. The summed E-state index contributed by atoms with van der Waals surface area (Å²) in [6, 6.07) is 5.85. The van der Waals surface area contributed by atoms with Gasteiger partial charge in [0.2, 0.25) is 0 Å². The van der Waals surface area contributed by atoms with E-state index >= 15 is 0 Å². The van der Waals surface area contributed by atoms with Gasteiger partial charge in [0.1, 0.15) is 0 Å². The Labute approximate surface area is 151 Å². The number of hydroxylamine groups is 1. The quantitative estimate of drug-likeness (QED) is 0.760. The van der Waals surface area contributed by atoms with Crippen molar-refractivity contribution in [3.63, 3.8) is 0 Å². The molecule has 2 bridgehead atoms. The van der Waals surface area contributed by atoms with Crippen molar-refractivity contribution in [3.8, 4) is 0 Å². The van der Waals surface area contributed by atoms with Crippen molar-refractivity contribution in [2.24, 2.45) is 0 Å². The van der Waals surface area contributed by atoms with Gasteiger partial charge < -0.3 is 5.11 Å². The number of rotatable bonds is 4. The molecular weight excluding hydrogens is 353 g/mol. The van der Waals surface area contributed by atoms with Crippen LogP contribution in [0.1, 0.15) is 37.7 Å². The highest BCUT2D eigenvalue weighted by Gasteiger charge is 2.45. The van der Waals surface area contributed by atoms with Gasteiger partial charge in [0.15, 0.2) is 0 Å². The summed E-state index contributed by atoms with van der Waals surface area (Å²) in [5.74, 6) is 0.232. The van der Waals surface area contributed by atoms with E-state index < -0.39 is 0 Å². The summed E-state index contributed by atoms with van der Waals surface area (Å²) < 4.78 is 0. The number of allylic oxidation sites excluding steroid dienone is 1. The van der Waals surface area contributed by atoms with E-state index in [0.717, 1.165) is 30.5 Å². The SMILES string of the molecule is CCC(NOC)=C1[C@H](c2ccc(Cl)c(Cl)c2)CC2CC(O)[C@H]1S2. The Kier molecular flexibility index (Phi) is 5.49. The molecule has 2 unspecified atom stereocenters. The molecule has 3 rings (SSSR count). The van der Waals surface area contributed by atoms with Crippen molar-refractivity contribution in [1.29, 1.82) is 0 Å². The van der Waals surface area contributed by atoms with Crippen LogP contribution < -0.4 is 5.48 Å². The minimum Gasteiger partial charge on any atom is -0.392 e. The Bertz CT molecular complexity index is 623. The van der Waals surface area contributed by atoms with Crippen LogP contribution >= 0.6 is 35.0 Å². The molecule has 126 valence electrons. The molecule has 0 amide bonds. The highest BCUT2D eigenvalue weighted by atomic mass is 35.5. The molecule has 2 saturated heterocycles. The molecule has 6 heteroatoms. The maximum absolute atomic E-state index is 10.5. The van der Waals surface area contributed by atoms with E-state index in [1.165, 1.54) is 5.57 Å². The molecule has 2 heterocycles. The summed E-state index contributed by atoms with van der Waals surface area (Å²) in [7, 11) is 1.62. The van der Waals surface area contributed by atoms with Crippen molar-refractivity contribution < 1.29 is 9.94 Å².